The van der Waals surface area contributed by atoms with Gasteiger partial charge in [0.05, 0.1) is 23.3 Å². The van der Waals surface area contributed by atoms with Crippen LogP contribution in [0.15, 0.2) is 48.7 Å². The Bertz CT molecular complexity index is 688. The number of hydrogen-bond donors (Lipinski definition) is 1. The van der Waals surface area contributed by atoms with Gasteiger partial charge in [-0.2, -0.15) is 0 Å². The van der Waals surface area contributed by atoms with Gasteiger partial charge in [0.25, 0.3) is 0 Å². The van der Waals surface area contributed by atoms with Crippen LogP contribution < -0.4 is 5.32 Å². The summed E-state index contributed by atoms with van der Waals surface area (Å²) >= 11 is 0. The van der Waals surface area contributed by atoms with E-state index in [1.54, 1.807) is 0 Å². The van der Waals surface area contributed by atoms with Crippen molar-refractivity contribution in [2.24, 2.45) is 0 Å². The van der Waals surface area contributed by atoms with Gasteiger partial charge in [-0.1, -0.05) is 18.2 Å². The predicted molar refractivity (Wildman–Crippen MR) is 80.2 cm³/mol. The minimum Gasteiger partial charge on any atom is -0.327 e. The summed E-state index contributed by atoms with van der Waals surface area (Å²) in [6.07, 6.45) is 1.82. The van der Waals surface area contributed by atoms with E-state index in [2.05, 4.69) is 40.0 Å². The zero-order chi connectivity index (χ0) is 13.8. The Hall–Kier alpha value is -2.20. The molecule has 4 nitrogen and oxygen atoms in total. The van der Waals surface area contributed by atoms with Gasteiger partial charge in [-0.25, -0.2) is 4.98 Å². The Kier molecular flexibility index (Phi) is 3.74. The topological polar surface area (TPSA) is 42.7 Å². The Morgan fingerprint density at radius 3 is 2.70 bits per heavy atom. The second kappa shape index (κ2) is 5.84. The first-order valence-corrected chi connectivity index (χ1v) is 6.93. The Morgan fingerprint density at radius 2 is 1.90 bits per heavy atom. The van der Waals surface area contributed by atoms with Gasteiger partial charge in [-0.05, 0) is 31.2 Å². The lowest BCUT2D eigenvalue weighted by Crippen LogP contribution is -2.17. The van der Waals surface area contributed by atoms with Gasteiger partial charge in [0, 0.05) is 19.3 Å². The van der Waals surface area contributed by atoms with Gasteiger partial charge >= 0.3 is 0 Å². The largest absolute Gasteiger partial charge is 0.327 e. The van der Waals surface area contributed by atoms with Crippen LogP contribution in [0.4, 0.5) is 0 Å². The fraction of sp³-hybridized carbons (Fsp3) is 0.250. The van der Waals surface area contributed by atoms with Crippen LogP contribution in [0.1, 0.15) is 18.4 Å². The predicted octanol–water partition coefficient (Wildman–Crippen LogP) is 2.74. The summed E-state index contributed by atoms with van der Waals surface area (Å²) in [5, 5.41) is 3.41. The van der Waals surface area contributed by atoms with Crippen LogP contribution in [-0.2, 0) is 19.6 Å². The Morgan fingerprint density at radius 1 is 1.05 bits per heavy atom. The van der Waals surface area contributed by atoms with Crippen molar-refractivity contribution in [1.29, 1.82) is 0 Å². The van der Waals surface area contributed by atoms with Crippen molar-refractivity contribution in [3.05, 3.63) is 60.2 Å². The smallest absolute Gasteiger partial charge is 0.123 e. The van der Waals surface area contributed by atoms with Gasteiger partial charge in [-0.15, -0.1) is 0 Å². The van der Waals surface area contributed by atoms with E-state index < -0.39 is 0 Å². The molecule has 0 saturated carbocycles. The molecule has 0 fully saturated rings. The molecular weight excluding hydrogens is 248 g/mol. The lowest BCUT2D eigenvalue weighted by molar-refractivity contribution is 0.614. The van der Waals surface area contributed by atoms with Crippen LogP contribution in [0.2, 0.25) is 0 Å². The third-order valence-electron chi connectivity index (χ3n) is 3.37. The molecule has 0 aliphatic heterocycles. The summed E-state index contributed by atoms with van der Waals surface area (Å²) in [4.78, 5) is 9.00. The fourth-order valence-electron chi connectivity index (χ4n) is 2.42. The summed E-state index contributed by atoms with van der Waals surface area (Å²) in [5.74, 6) is 1.07. The highest BCUT2D eigenvalue weighted by molar-refractivity contribution is 5.75. The van der Waals surface area contributed by atoms with E-state index in [1.165, 1.54) is 5.52 Å². The maximum absolute atomic E-state index is 4.69. The average molecular weight is 266 g/mol. The lowest BCUT2D eigenvalue weighted by atomic mass is 10.3. The van der Waals surface area contributed by atoms with Crippen molar-refractivity contribution in [3.8, 4) is 0 Å². The van der Waals surface area contributed by atoms with Crippen LogP contribution in [0, 0.1) is 0 Å². The molecule has 3 rings (SSSR count). The first-order chi connectivity index (χ1) is 9.88. The van der Waals surface area contributed by atoms with Crippen LogP contribution in [0.3, 0.4) is 0 Å². The zero-order valence-electron chi connectivity index (χ0n) is 11.6. The van der Waals surface area contributed by atoms with E-state index in [4.69, 9.17) is 4.98 Å². The van der Waals surface area contributed by atoms with E-state index in [0.717, 1.165) is 36.7 Å². The molecule has 0 saturated heterocycles. The number of rotatable bonds is 5. The van der Waals surface area contributed by atoms with E-state index >= 15 is 0 Å². The number of nitrogens with zero attached hydrogens (tertiary/aromatic N) is 3. The highest BCUT2D eigenvalue weighted by Crippen LogP contribution is 2.15. The van der Waals surface area contributed by atoms with Crippen molar-refractivity contribution in [3.63, 3.8) is 0 Å². The monoisotopic (exact) mass is 266 g/mol. The first-order valence-electron chi connectivity index (χ1n) is 6.93. The normalized spacial score (nSPS) is 11.1. The summed E-state index contributed by atoms with van der Waals surface area (Å²) in [5.41, 5.74) is 3.31. The van der Waals surface area contributed by atoms with Crippen molar-refractivity contribution in [2.75, 3.05) is 0 Å². The molecule has 0 bridgehead atoms. The molecule has 1 N–H and O–H groups in total. The molecule has 1 aromatic carbocycles. The van der Waals surface area contributed by atoms with Crippen molar-refractivity contribution in [2.45, 2.75) is 26.6 Å². The number of benzene rings is 1. The molecule has 0 aliphatic carbocycles. The number of fused-ring (bicyclic) bond motifs is 1. The van der Waals surface area contributed by atoms with E-state index in [9.17, 15) is 0 Å². The lowest BCUT2D eigenvalue weighted by Gasteiger charge is -2.07. The minimum absolute atomic E-state index is 0.749. The first kappa shape index (κ1) is 12.8. The molecule has 0 radical (unpaired) electrons. The van der Waals surface area contributed by atoms with Gasteiger partial charge in [0.15, 0.2) is 0 Å². The summed E-state index contributed by atoms with van der Waals surface area (Å²) in [7, 11) is 0. The second-order valence-electron chi connectivity index (χ2n) is 4.69. The van der Waals surface area contributed by atoms with Crippen LogP contribution in [-0.4, -0.2) is 14.5 Å². The van der Waals surface area contributed by atoms with Crippen molar-refractivity contribution >= 4 is 11.0 Å². The summed E-state index contributed by atoms with van der Waals surface area (Å²) in [6, 6.07) is 14.2. The van der Waals surface area contributed by atoms with E-state index in [1.807, 2.05) is 30.5 Å². The van der Waals surface area contributed by atoms with Crippen molar-refractivity contribution in [1.82, 2.24) is 19.9 Å². The Balaban J connectivity index is 1.74. The van der Waals surface area contributed by atoms with Gasteiger partial charge in [-0.3, -0.25) is 4.98 Å². The molecule has 0 unspecified atom stereocenters. The molecule has 0 spiro atoms. The summed E-state index contributed by atoms with van der Waals surface area (Å²) in [6.45, 7) is 4.59. The number of imidazole rings is 1. The van der Waals surface area contributed by atoms with Gasteiger partial charge in [0.2, 0.25) is 0 Å². The molecule has 0 amide bonds. The molecule has 2 heterocycles. The van der Waals surface area contributed by atoms with E-state index in [0.29, 0.717) is 0 Å². The number of hydrogen-bond acceptors (Lipinski definition) is 3. The molecular formula is C16H18N4. The van der Waals surface area contributed by atoms with Crippen LogP contribution >= 0.6 is 0 Å². The zero-order valence-corrected chi connectivity index (χ0v) is 11.6. The third kappa shape index (κ3) is 2.56. The van der Waals surface area contributed by atoms with Crippen LogP contribution in [0.5, 0.6) is 0 Å². The molecule has 3 aromatic rings. The minimum atomic E-state index is 0.749. The maximum atomic E-state index is 4.69. The fourth-order valence-corrected chi connectivity index (χ4v) is 2.42. The molecule has 4 heteroatoms. The second-order valence-corrected chi connectivity index (χ2v) is 4.69. The summed E-state index contributed by atoms with van der Waals surface area (Å²) < 4.78 is 2.25. The number of nitrogens with one attached hydrogen (secondary N) is 1. The van der Waals surface area contributed by atoms with Gasteiger partial charge in [0.1, 0.15) is 5.82 Å². The number of aromatic nitrogens is 3. The standard InChI is InChI=1S/C16H18N4/c1-2-20-15-9-4-3-8-14(15)19-16(20)12-17-11-13-7-5-6-10-18-13/h3-10,17H,2,11-12H2,1H3. The highest BCUT2D eigenvalue weighted by Gasteiger charge is 2.08. The SMILES string of the molecule is CCn1c(CNCc2ccccn2)nc2ccccc21. The van der Waals surface area contributed by atoms with Crippen molar-refractivity contribution < 1.29 is 0 Å². The quantitative estimate of drug-likeness (QED) is 0.772. The number of pyridine rings is 1. The third-order valence-corrected chi connectivity index (χ3v) is 3.37. The number of aryl methyl sites for hydroxylation is 1. The number of para-hydroxylation sites is 2. The molecule has 2 aromatic heterocycles. The van der Waals surface area contributed by atoms with E-state index in [-0.39, 0.29) is 0 Å². The Labute approximate surface area is 118 Å². The molecule has 0 aliphatic rings. The average Bonchev–Trinajstić information content (AvgIpc) is 2.86. The highest BCUT2D eigenvalue weighted by atomic mass is 15.1. The van der Waals surface area contributed by atoms with Crippen LogP contribution in [0.25, 0.3) is 11.0 Å². The molecule has 0 atom stereocenters. The molecule has 20 heavy (non-hydrogen) atoms. The molecule has 102 valence electrons. The van der Waals surface area contributed by atoms with Gasteiger partial charge < -0.3 is 9.88 Å². The maximum Gasteiger partial charge on any atom is 0.123 e.